The highest BCUT2D eigenvalue weighted by Crippen LogP contribution is 2.33. The number of unbranched alkanes of at least 4 members (excludes halogenated alkanes) is 1. The largest absolute Gasteiger partial charge is 0.481 e. The maximum Gasteiger partial charge on any atom is 0.315 e. The van der Waals surface area contributed by atoms with Crippen LogP contribution in [0.5, 0.6) is 0 Å². The number of aromatic nitrogens is 3. The van der Waals surface area contributed by atoms with Crippen LogP contribution in [-0.4, -0.2) is 223 Å². The molecule has 4 heterocycles. The predicted molar refractivity (Wildman–Crippen MR) is 335 cm³/mol. The number of amides is 10. The van der Waals surface area contributed by atoms with Crippen molar-refractivity contribution < 1.29 is 67.3 Å². The van der Waals surface area contributed by atoms with E-state index < -0.39 is 103 Å². The molecule has 2 fully saturated rings. The van der Waals surface area contributed by atoms with Gasteiger partial charge in [0.2, 0.25) is 47.3 Å². The number of aliphatic carboxylic acids is 1. The standard InChI is InChI=1S/C56H98N20O14S/c1-34(2)29-41-53(86)69-38(12-7-18-64-54(58)59)50(83)66-31-45(78)67-40(16-17-46(79)80)52(85)70-39(13-8-19-65-55(60)61)51(84)68-37(11-5-6-22-76-32-35(74-75-76)30-36(57)48(81)71-41)49(82)63-21-10-24-89-26-28-90-27-25-88-23-9-20-62-44(77)15-4-3-14-43-47-42(33-91-43)72-56(87)73-47/h32,34,36-43,47H,3-31,33,57H2,1-2H3,(H,62,77)(H,63,82)(H,66,83)(H,67,78)(H,68,84)(H,69,86)(H,70,85)(H,71,81)(H,79,80)(H4,58,59,64)(H4,60,61,65)(H2,72,73,87)/t36-,37-,38-,39-,40-,41-,42+,43+,47+/m0/s1. The number of rotatable bonds is 33. The molecule has 2 bridgehead atoms. The van der Waals surface area contributed by atoms with Crippen molar-refractivity contribution in [1.82, 2.24) is 78.8 Å². The summed E-state index contributed by atoms with van der Waals surface area (Å²) >= 11 is 1.86. The molecular weight excluding hydrogens is 1210 g/mol. The van der Waals surface area contributed by atoms with Gasteiger partial charge in [-0.2, -0.15) is 11.8 Å². The number of hydrogen-bond acceptors (Lipinski definition) is 19. The fourth-order valence-electron chi connectivity index (χ4n) is 10.0. The summed E-state index contributed by atoms with van der Waals surface area (Å²) in [5, 5.41) is 65.9. The van der Waals surface area contributed by atoms with Crippen LogP contribution in [0.4, 0.5) is 4.79 Å². The molecule has 1 aromatic heterocycles. The fourth-order valence-corrected chi connectivity index (χ4v) is 11.6. The topological polar surface area (TPSA) is 519 Å². The fraction of sp³-hybridized carbons (Fsp3) is 0.750. The van der Waals surface area contributed by atoms with Crippen molar-refractivity contribution >= 4 is 82.9 Å². The van der Waals surface area contributed by atoms with Gasteiger partial charge >= 0.3 is 12.0 Å². The van der Waals surface area contributed by atoms with Crippen molar-refractivity contribution in [1.29, 1.82) is 10.8 Å². The molecule has 512 valence electrons. The van der Waals surface area contributed by atoms with Crippen molar-refractivity contribution in [2.45, 2.75) is 183 Å². The molecule has 4 rings (SSSR count). The van der Waals surface area contributed by atoms with Crippen LogP contribution in [0.1, 0.15) is 122 Å². The van der Waals surface area contributed by atoms with Gasteiger partial charge in [0.05, 0.1) is 56.8 Å². The molecule has 1 aromatic rings. The smallest absolute Gasteiger partial charge is 0.315 e. The average molecular weight is 1310 g/mol. The molecule has 0 radical (unpaired) electrons. The number of thioether (sulfide) groups is 1. The van der Waals surface area contributed by atoms with E-state index in [1.165, 1.54) is 4.68 Å². The van der Waals surface area contributed by atoms with Gasteiger partial charge in [-0.15, -0.1) is 5.10 Å². The number of nitrogens with zero attached hydrogens (tertiary/aromatic N) is 3. The number of fused-ring (bicyclic) bond motifs is 3. The maximum atomic E-state index is 14.3. The molecule has 0 spiro atoms. The number of ether oxygens (including phenoxy) is 3. The first-order valence-corrected chi connectivity index (χ1v) is 32.4. The summed E-state index contributed by atoms with van der Waals surface area (Å²) < 4.78 is 18.5. The van der Waals surface area contributed by atoms with Crippen molar-refractivity contribution in [3.63, 3.8) is 0 Å². The third-order valence-corrected chi connectivity index (χ3v) is 16.3. The molecule has 21 N–H and O–H groups in total. The highest BCUT2D eigenvalue weighted by Gasteiger charge is 2.42. The Morgan fingerprint density at radius 2 is 1.25 bits per heavy atom. The second-order valence-corrected chi connectivity index (χ2v) is 24.2. The Balaban J connectivity index is 1.34. The monoisotopic (exact) mass is 1310 g/mol. The van der Waals surface area contributed by atoms with Gasteiger partial charge in [0, 0.05) is 82.4 Å². The first-order chi connectivity index (χ1) is 43.6. The Bertz CT molecular complexity index is 2530. The Kier molecular flexibility index (Phi) is 35.4. The normalized spacial score (nSPS) is 23.1. The van der Waals surface area contributed by atoms with Gasteiger partial charge in [-0.3, -0.25) is 58.7 Å². The van der Waals surface area contributed by atoms with Gasteiger partial charge in [-0.25, -0.2) is 4.79 Å². The summed E-state index contributed by atoms with van der Waals surface area (Å²) in [5.74, 6) is -6.66. The van der Waals surface area contributed by atoms with E-state index in [1.807, 2.05) is 25.6 Å². The minimum absolute atomic E-state index is 0.00520. The molecule has 2 saturated heterocycles. The quantitative estimate of drug-likeness (QED) is 0.0138. The molecule has 34 nitrogen and oxygen atoms in total. The number of carbonyl (C=O) groups is 10. The molecule has 10 amide bonds. The van der Waals surface area contributed by atoms with Gasteiger partial charge in [-0.05, 0) is 89.4 Å². The van der Waals surface area contributed by atoms with E-state index in [4.69, 9.17) is 42.2 Å². The van der Waals surface area contributed by atoms with Crippen molar-refractivity contribution in [3.05, 3.63) is 11.9 Å². The van der Waals surface area contributed by atoms with Gasteiger partial charge < -0.3 is 100 Å². The number of carboxylic acids is 1. The van der Waals surface area contributed by atoms with E-state index in [2.05, 4.69) is 74.1 Å². The predicted octanol–water partition coefficient (Wildman–Crippen LogP) is -3.90. The second-order valence-electron chi connectivity index (χ2n) is 22.9. The molecule has 0 aliphatic carbocycles. The summed E-state index contributed by atoms with van der Waals surface area (Å²) in [5.41, 5.74) is 17.6. The van der Waals surface area contributed by atoms with Crippen LogP contribution in [0.15, 0.2) is 6.20 Å². The zero-order valence-corrected chi connectivity index (χ0v) is 53.1. The van der Waals surface area contributed by atoms with E-state index in [1.54, 1.807) is 6.20 Å². The van der Waals surface area contributed by atoms with Gasteiger partial charge in [0.15, 0.2) is 11.9 Å². The van der Waals surface area contributed by atoms with Crippen LogP contribution in [0.3, 0.4) is 0 Å². The van der Waals surface area contributed by atoms with E-state index in [-0.39, 0.29) is 120 Å². The summed E-state index contributed by atoms with van der Waals surface area (Å²) in [4.78, 5) is 133. The number of hydrogen-bond donors (Lipinski definition) is 18. The molecule has 0 saturated carbocycles. The van der Waals surface area contributed by atoms with Crippen molar-refractivity contribution in [3.8, 4) is 0 Å². The third-order valence-electron chi connectivity index (χ3n) is 14.8. The lowest BCUT2D eigenvalue weighted by Gasteiger charge is -2.26. The van der Waals surface area contributed by atoms with Crippen LogP contribution < -0.4 is 81.0 Å². The SMILES string of the molecule is CC(C)C[C@@H]1NC(=O)[C@@H](N)Cc2cn(nn2)CCCC[C@@H](C(=O)NCCCOCCOCCOCCCNC(=O)CCCC[C@H]2SC[C@H]3NC(=O)N[C@H]32)NC(=O)[C@H](CCCNC(=N)N)NC(=O)[C@H](CCC(=O)O)NC(=O)CNC(=O)[C@H](CCCNC(=N)N)NC1=O. The highest BCUT2D eigenvalue weighted by molar-refractivity contribution is 8.00. The second kappa shape index (κ2) is 42.4. The zero-order valence-electron chi connectivity index (χ0n) is 52.3. The number of nitrogens with one attached hydrogen (secondary N) is 14. The molecular formula is C56H98N20O14S. The number of nitrogens with two attached hydrogens (primary N) is 3. The first-order valence-electron chi connectivity index (χ1n) is 31.3. The Morgan fingerprint density at radius 3 is 1.89 bits per heavy atom. The highest BCUT2D eigenvalue weighted by atomic mass is 32.2. The van der Waals surface area contributed by atoms with E-state index in [0.29, 0.717) is 82.6 Å². The zero-order chi connectivity index (χ0) is 66.5. The minimum atomic E-state index is -1.56. The van der Waals surface area contributed by atoms with Crippen molar-refractivity contribution in [2.24, 2.45) is 23.1 Å². The molecule has 9 atom stereocenters. The van der Waals surface area contributed by atoms with Crippen LogP contribution in [0.2, 0.25) is 0 Å². The lowest BCUT2D eigenvalue weighted by Crippen LogP contribution is -2.58. The molecule has 35 heteroatoms. The van der Waals surface area contributed by atoms with Gasteiger partial charge in [-0.1, -0.05) is 25.5 Å². The third kappa shape index (κ3) is 31.3. The molecule has 91 heavy (non-hydrogen) atoms. The number of aryl methyl sites for hydroxylation is 1. The Labute approximate surface area is 534 Å². The molecule has 0 aromatic carbocycles. The lowest BCUT2D eigenvalue weighted by atomic mass is 10.0. The van der Waals surface area contributed by atoms with E-state index in [0.717, 1.165) is 25.0 Å². The number of carbonyl (C=O) groups excluding carboxylic acids is 9. The Hall–Kier alpha value is -7.63. The van der Waals surface area contributed by atoms with Crippen LogP contribution in [0.25, 0.3) is 0 Å². The summed E-state index contributed by atoms with van der Waals surface area (Å²) in [6.07, 6.45) is 5.98. The van der Waals surface area contributed by atoms with Crippen LogP contribution in [-0.2, 0) is 70.3 Å². The Morgan fingerprint density at radius 1 is 0.670 bits per heavy atom. The first kappa shape index (κ1) is 75.8. The number of guanidine groups is 2. The molecule has 3 aliphatic heterocycles. The van der Waals surface area contributed by atoms with E-state index >= 15 is 0 Å². The number of urea groups is 1. The maximum absolute atomic E-state index is 14.3. The molecule has 3 aliphatic rings. The summed E-state index contributed by atoms with van der Waals surface area (Å²) in [6.45, 7) is 6.10. The molecule has 0 unspecified atom stereocenters. The summed E-state index contributed by atoms with van der Waals surface area (Å²) in [7, 11) is 0. The minimum Gasteiger partial charge on any atom is -0.481 e. The van der Waals surface area contributed by atoms with Crippen LogP contribution in [0, 0.1) is 16.7 Å². The van der Waals surface area contributed by atoms with Gasteiger partial charge in [0.25, 0.3) is 0 Å². The average Bonchev–Trinajstić information content (AvgIpc) is 1.80. The number of carboxylic acid groups (broad SMARTS) is 1. The lowest BCUT2D eigenvalue weighted by molar-refractivity contribution is -0.138. The van der Waals surface area contributed by atoms with Crippen molar-refractivity contribution in [2.75, 3.05) is 78.1 Å². The summed E-state index contributed by atoms with van der Waals surface area (Å²) in [6, 6.07) is -7.44. The van der Waals surface area contributed by atoms with Gasteiger partial charge in [0.1, 0.15) is 30.2 Å². The van der Waals surface area contributed by atoms with E-state index in [9.17, 15) is 53.1 Å². The van der Waals surface area contributed by atoms with Crippen LogP contribution >= 0.6 is 11.8 Å².